The Morgan fingerprint density at radius 3 is 2.57 bits per heavy atom. The van der Waals surface area contributed by atoms with Crippen molar-refractivity contribution < 1.29 is 19.4 Å². The zero-order chi connectivity index (χ0) is 15.4. The van der Waals surface area contributed by atoms with Crippen LogP contribution in [0.4, 0.5) is 10.5 Å². The summed E-state index contributed by atoms with van der Waals surface area (Å²) in [6, 6.07) is 4.51. The number of nitrogens with zero attached hydrogens (tertiary/aromatic N) is 1. The van der Waals surface area contributed by atoms with Gasteiger partial charge in [0.25, 0.3) is 0 Å². The molecule has 1 fully saturated rings. The molecule has 0 unspecified atom stereocenters. The quantitative estimate of drug-likeness (QED) is 0.894. The molecule has 114 valence electrons. The van der Waals surface area contributed by atoms with Crippen LogP contribution in [0.2, 0.25) is 0 Å². The van der Waals surface area contributed by atoms with Crippen molar-refractivity contribution in [3.8, 4) is 5.75 Å². The number of hydrogen-bond acceptors (Lipinski definition) is 3. The number of benzene rings is 1. The number of carbonyl (C=O) groups is 2. The molecule has 0 atom stereocenters. The topological polar surface area (TPSA) is 78.9 Å². The summed E-state index contributed by atoms with van der Waals surface area (Å²) in [7, 11) is 3.21. The van der Waals surface area contributed by atoms with Gasteiger partial charge in [0.05, 0.1) is 18.4 Å². The summed E-state index contributed by atoms with van der Waals surface area (Å²) in [6.07, 6.45) is 4.26. The first-order valence-electron chi connectivity index (χ1n) is 6.98. The number of rotatable bonds is 4. The molecule has 2 N–H and O–H groups in total. The van der Waals surface area contributed by atoms with Gasteiger partial charge in [-0.05, 0) is 31.0 Å². The number of urea groups is 1. The third-order valence-corrected chi connectivity index (χ3v) is 3.89. The van der Waals surface area contributed by atoms with Crippen LogP contribution in [-0.2, 0) is 0 Å². The summed E-state index contributed by atoms with van der Waals surface area (Å²) >= 11 is 0. The first-order valence-corrected chi connectivity index (χ1v) is 6.98. The van der Waals surface area contributed by atoms with Crippen molar-refractivity contribution in [2.75, 3.05) is 19.5 Å². The van der Waals surface area contributed by atoms with E-state index in [0.717, 1.165) is 25.7 Å². The Labute approximate surface area is 123 Å². The van der Waals surface area contributed by atoms with E-state index in [2.05, 4.69) is 5.32 Å². The van der Waals surface area contributed by atoms with Gasteiger partial charge in [-0.25, -0.2) is 9.59 Å². The first kappa shape index (κ1) is 15.2. The van der Waals surface area contributed by atoms with Crippen LogP contribution in [0, 0.1) is 0 Å². The fourth-order valence-electron chi connectivity index (χ4n) is 2.60. The van der Waals surface area contributed by atoms with Crippen molar-refractivity contribution in [1.29, 1.82) is 0 Å². The van der Waals surface area contributed by atoms with Crippen LogP contribution in [0.25, 0.3) is 0 Å². The van der Waals surface area contributed by atoms with Crippen molar-refractivity contribution in [2.24, 2.45) is 0 Å². The molecule has 1 aliphatic rings. The van der Waals surface area contributed by atoms with Crippen molar-refractivity contribution >= 4 is 17.7 Å². The molecule has 0 bridgehead atoms. The lowest BCUT2D eigenvalue weighted by Gasteiger charge is -2.25. The Morgan fingerprint density at radius 1 is 1.33 bits per heavy atom. The van der Waals surface area contributed by atoms with Crippen molar-refractivity contribution in [1.82, 2.24) is 4.90 Å². The molecular weight excluding hydrogens is 272 g/mol. The third kappa shape index (κ3) is 3.45. The van der Waals surface area contributed by atoms with Crippen molar-refractivity contribution in [3.05, 3.63) is 23.8 Å². The summed E-state index contributed by atoms with van der Waals surface area (Å²) in [6.45, 7) is 0. The van der Waals surface area contributed by atoms with Gasteiger partial charge in [0.15, 0.2) is 0 Å². The number of hydrogen-bond donors (Lipinski definition) is 2. The van der Waals surface area contributed by atoms with Gasteiger partial charge in [-0.1, -0.05) is 12.8 Å². The molecule has 21 heavy (non-hydrogen) atoms. The average molecular weight is 292 g/mol. The molecule has 1 aromatic carbocycles. The molecule has 0 heterocycles. The summed E-state index contributed by atoms with van der Waals surface area (Å²) in [5.41, 5.74) is 0.292. The van der Waals surface area contributed by atoms with E-state index < -0.39 is 5.97 Å². The zero-order valence-electron chi connectivity index (χ0n) is 12.3. The monoisotopic (exact) mass is 292 g/mol. The van der Waals surface area contributed by atoms with E-state index in [1.165, 1.54) is 13.2 Å². The Balaban J connectivity index is 2.14. The van der Waals surface area contributed by atoms with E-state index in [1.54, 1.807) is 24.1 Å². The maximum atomic E-state index is 12.2. The predicted molar refractivity (Wildman–Crippen MR) is 79.0 cm³/mol. The van der Waals surface area contributed by atoms with Crippen LogP contribution in [0.3, 0.4) is 0 Å². The second-order valence-electron chi connectivity index (χ2n) is 5.20. The summed E-state index contributed by atoms with van der Waals surface area (Å²) in [4.78, 5) is 25.2. The van der Waals surface area contributed by atoms with Crippen LogP contribution in [0.5, 0.6) is 5.75 Å². The molecule has 1 saturated carbocycles. The summed E-state index contributed by atoms with van der Waals surface area (Å²) in [5, 5.41) is 11.9. The van der Waals surface area contributed by atoms with Gasteiger partial charge in [-0.2, -0.15) is 0 Å². The molecule has 0 aromatic heterocycles. The minimum absolute atomic E-state index is 0.0162. The third-order valence-electron chi connectivity index (χ3n) is 3.89. The van der Waals surface area contributed by atoms with Crippen LogP contribution < -0.4 is 10.1 Å². The largest absolute Gasteiger partial charge is 0.497 e. The number of anilines is 1. The molecule has 0 spiro atoms. The van der Waals surface area contributed by atoms with Gasteiger partial charge in [0.1, 0.15) is 5.75 Å². The van der Waals surface area contributed by atoms with Gasteiger partial charge in [0.2, 0.25) is 0 Å². The molecular formula is C15H20N2O4. The Hall–Kier alpha value is -2.24. The van der Waals surface area contributed by atoms with Crippen molar-refractivity contribution in [3.63, 3.8) is 0 Å². The zero-order valence-corrected chi connectivity index (χ0v) is 12.3. The van der Waals surface area contributed by atoms with Crippen molar-refractivity contribution in [2.45, 2.75) is 31.7 Å². The highest BCUT2D eigenvalue weighted by Crippen LogP contribution is 2.25. The lowest BCUT2D eigenvalue weighted by atomic mass is 10.1. The standard InChI is InChI=1S/C15H20N2O4/c1-17(10-5-3-4-6-10)15(20)16-13-8-7-11(21-2)9-12(13)14(18)19/h7-10H,3-6H2,1-2H3,(H,16,20)(H,18,19). The number of ether oxygens (including phenoxy) is 1. The second kappa shape index (κ2) is 6.47. The lowest BCUT2D eigenvalue weighted by Crippen LogP contribution is -2.38. The summed E-state index contributed by atoms with van der Waals surface area (Å²) < 4.78 is 5.01. The number of carbonyl (C=O) groups excluding carboxylic acids is 1. The van der Waals surface area contributed by atoms with E-state index in [0.29, 0.717) is 5.75 Å². The fourth-order valence-corrected chi connectivity index (χ4v) is 2.60. The highest BCUT2D eigenvalue weighted by atomic mass is 16.5. The molecule has 6 nitrogen and oxygen atoms in total. The Bertz CT molecular complexity index is 538. The molecule has 0 radical (unpaired) electrons. The number of carboxylic acid groups (broad SMARTS) is 1. The predicted octanol–water partition coefficient (Wildman–Crippen LogP) is 2.80. The maximum absolute atomic E-state index is 12.2. The van der Waals surface area contributed by atoms with Gasteiger partial charge >= 0.3 is 12.0 Å². The highest BCUT2D eigenvalue weighted by molar-refractivity contribution is 6.00. The molecule has 2 rings (SSSR count). The van der Waals surface area contributed by atoms with Gasteiger partial charge in [0, 0.05) is 13.1 Å². The Morgan fingerprint density at radius 2 is 2.00 bits per heavy atom. The second-order valence-corrected chi connectivity index (χ2v) is 5.20. The van der Waals surface area contributed by atoms with Crippen LogP contribution in [0.15, 0.2) is 18.2 Å². The van der Waals surface area contributed by atoms with Gasteiger partial charge in [-0.15, -0.1) is 0 Å². The molecule has 0 aliphatic heterocycles. The minimum Gasteiger partial charge on any atom is -0.497 e. The Kier molecular flexibility index (Phi) is 4.67. The van der Waals surface area contributed by atoms with E-state index >= 15 is 0 Å². The summed E-state index contributed by atoms with van der Waals surface area (Å²) in [5.74, 6) is -0.665. The number of amides is 2. The fraction of sp³-hybridized carbons (Fsp3) is 0.467. The number of methoxy groups -OCH3 is 1. The molecule has 1 aromatic rings. The van der Waals surface area contributed by atoms with Crippen LogP contribution in [-0.4, -0.2) is 42.2 Å². The molecule has 2 amide bonds. The first-order chi connectivity index (χ1) is 10.0. The highest BCUT2D eigenvalue weighted by Gasteiger charge is 2.24. The van der Waals surface area contributed by atoms with Gasteiger partial charge < -0.3 is 20.1 Å². The molecule has 0 saturated heterocycles. The average Bonchev–Trinajstić information content (AvgIpc) is 3.00. The number of carboxylic acids is 1. The lowest BCUT2D eigenvalue weighted by molar-refractivity contribution is 0.0697. The van der Waals surface area contributed by atoms with E-state index in [-0.39, 0.29) is 23.3 Å². The molecule has 1 aliphatic carbocycles. The minimum atomic E-state index is -1.10. The normalized spacial score (nSPS) is 14.8. The SMILES string of the molecule is COc1ccc(NC(=O)N(C)C2CCCC2)c(C(=O)O)c1. The van der Waals surface area contributed by atoms with E-state index in [9.17, 15) is 14.7 Å². The smallest absolute Gasteiger partial charge is 0.337 e. The maximum Gasteiger partial charge on any atom is 0.337 e. The van der Waals surface area contributed by atoms with Crippen LogP contribution >= 0.6 is 0 Å². The van der Waals surface area contributed by atoms with E-state index in [4.69, 9.17) is 4.74 Å². The van der Waals surface area contributed by atoms with Crippen LogP contribution in [0.1, 0.15) is 36.0 Å². The van der Waals surface area contributed by atoms with Gasteiger partial charge in [-0.3, -0.25) is 0 Å². The number of nitrogens with one attached hydrogen (secondary N) is 1. The van der Waals surface area contributed by atoms with E-state index in [1.807, 2.05) is 0 Å². The molecule has 6 heteroatoms. The number of aromatic carboxylic acids is 1.